The summed E-state index contributed by atoms with van der Waals surface area (Å²) in [7, 11) is 0. The highest BCUT2D eigenvalue weighted by atomic mass is 79.9. The van der Waals surface area contributed by atoms with Crippen LogP contribution in [-0.4, -0.2) is 5.78 Å². The molecule has 3 rings (SSSR count). The lowest BCUT2D eigenvalue weighted by atomic mass is 10.0. The lowest BCUT2D eigenvalue weighted by Crippen LogP contribution is -2.00. The van der Waals surface area contributed by atoms with Gasteiger partial charge in [-0.15, -0.1) is 0 Å². The molecule has 2 aromatic carbocycles. The van der Waals surface area contributed by atoms with Gasteiger partial charge < -0.3 is 4.42 Å². The van der Waals surface area contributed by atoms with E-state index in [1.807, 2.05) is 42.5 Å². The molecule has 0 amide bonds. The number of hydrogen-bond donors (Lipinski definition) is 0. The maximum atomic E-state index is 12.3. The summed E-state index contributed by atoms with van der Waals surface area (Å²) in [5.74, 6) is 0.0191. The van der Waals surface area contributed by atoms with Gasteiger partial charge in [0.1, 0.15) is 5.58 Å². The third-order valence-electron chi connectivity index (χ3n) is 2.82. The van der Waals surface area contributed by atoms with Crippen LogP contribution in [0.5, 0.6) is 0 Å². The minimum absolute atomic E-state index is 0.0191. The Morgan fingerprint density at radius 1 is 0.944 bits per heavy atom. The summed E-state index contributed by atoms with van der Waals surface area (Å²) in [6.45, 7) is 0. The largest absolute Gasteiger partial charge is 0.464 e. The molecule has 0 aliphatic rings. The summed E-state index contributed by atoms with van der Waals surface area (Å²) in [4.78, 5) is 12.3. The fourth-order valence-electron chi connectivity index (χ4n) is 1.88. The van der Waals surface area contributed by atoms with Gasteiger partial charge in [-0.05, 0) is 48.5 Å². The second-order valence-electron chi connectivity index (χ2n) is 4.01. The first kappa shape index (κ1) is 11.2. The van der Waals surface area contributed by atoms with Crippen LogP contribution < -0.4 is 0 Å². The first-order valence-corrected chi connectivity index (χ1v) is 6.31. The molecule has 0 spiro atoms. The summed E-state index contributed by atoms with van der Waals surface area (Å²) in [6.07, 6.45) is 1.62. The third kappa shape index (κ3) is 1.97. The zero-order chi connectivity index (χ0) is 12.5. The number of carbonyl (C=O) groups excluding carboxylic acids is 1. The predicted octanol–water partition coefficient (Wildman–Crippen LogP) is 4.43. The molecule has 0 unspecified atom stereocenters. The van der Waals surface area contributed by atoms with E-state index >= 15 is 0 Å². The maximum Gasteiger partial charge on any atom is 0.193 e. The van der Waals surface area contributed by atoms with Crippen LogP contribution in [-0.2, 0) is 0 Å². The van der Waals surface area contributed by atoms with Crippen molar-refractivity contribution in [2.24, 2.45) is 0 Å². The fourth-order valence-corrected chi connectivity index (χ4v) is 2.14. The van der Waals surface area contributed by atoms with Gasteiger partial charge in [0.25, 0.3) is 0 Å². The number of halogens is 1. The Bertz CT molecular complexity index is 711. The van der Waals surface area contributed by atoms with Gasteiger partial charge in [0.2, 0.25) is 0 Å². The first-order valence-electron chi connectivity index (χ1n) is 5.51. The molecule has 0 aliphatic heterocycles. The van der Waals surface area contributed by atoms with E-state index in [1.54, 1.807) is 12.3 Å². The van der Waals surface area contributed by atoms with E-state index in [9.17, 15) is 4.79 Å². The Balaban J connectivity index is 2.03. The second-order valence-corrected chi connectivity index (χ2v) is 4.92. The third-order valence-corrected chi connectivity index (χ3v) is 3.35. The highest BCUT2D eigenvalue weighted by Gasteiger charge is 2.10. The van der Waals surface area contributed by atoms with Crippen molar-refractivity contribution in [3.8, 4) is 0 Å². The Morgan fingerprint density at radius 3 is 2.44 bits per heavy atom. The SMILES string of the molecule is O=C(c1ccc(Br)cc1)c1ccc2occc2c1. The van der Waals surface area contributed by atoms with E-state index < -0.39 is 0 Å². The number of rotatable bonds is 2. The molecule has 0 bridgehead atoms. The van der Waals surface area contributed by atoms with E-state index in [-0.39, 0.29) is 5.78 Å². The molecular formula is C15H9BrO2. The highest BCUT2D eigenvalue weighted by Crippen LogP contribution is 2.20. The van der Waals surface area contributed by atoms with Gasteiger partial charge in [-0.25, -0.2) is 0 Å². The lowest BCUT2D eigenvalue weighted by molar-refractivity contribution is 0.103. The average molecular weight is 301 g/mol. The van der Waals surface area contributed by atoms with Crippen LogP contribution in [0.4, 0.5) is 0 Å². The molecule has 0 saturated carbocycles. The number of ketones is 1. The van der Waals surface area contributed by atoms with Gasteiger partial charge in [0.15, 0.2) is 5.78 Å². The van der Waals surface area contributed by atoms with E-state index in [0.29, 0.717) is 11.1 Å². The molecule has 0 aliphatic carbocycles. The minimum atomic E-state index is 0.0191. The Hall–Kier alpha value is -1.87. The second kappa shape index (κ2) is 4.42. The summed E-state index contributed by atoms with van der Waals surface area (Å²) in [5.41, 5.74) is 2.15. The van der Waals surface area contributed by atoms with Crippen LogP contribution in [0.15, 0.2) is 63.7 Å². The lowest BCUT2D eigenvalue weighted by Gasteiger charge is -2.01. The van der Waals surface area contributed by atoms with E-state index in [2.05, 4.69) is 15.9 Å². The normalized spacial score (nSPS) is 10.7. The molecule has 0 N–H and O–H groups in total. The molecular weight excluding hydrogens is 292 g/mol. The smallest absolute Gasteiger partial charge is 0.193 e. The zero-order valence-corrected chi connectivity index (χ0v) is 11.0. The minimum Gasteiger partial charge on any atom is -0.464 e. The van der Waals surface area contributed by atoms with Crippen molar-refractivity contribution >= 4 is 32.7 Å². The van der Waals surface area contributed by atoms with Crippen LogP contribution in [0.25, 0.3) is 11.0 Å². The van der Waals surface area contributed by atoms with E-state index in [4.69, 9.17) is 4.42 Å². The van der Waals surface area contributed by atoms with Crippen molar-refractivity contribution in [1.29, 1.82) is 0 Å². The van der Waals surface area contributed by atoms with Crippen LogP contribution >= 0.6 is 15.9 Å². The van der Waals surface area contributed by atoms with Crippen molar-refractivity contribution in [3.05, 3.63) is 70.4 Å². The monoisotopic (exact) mass is 300 g/mol. The first-order chi connectivity index (χ1) is 8.74. The quantitative estimate of drug-likeness (QED) is 0.656. The molecule has 3 heteroatoms. The molecule has 3 aromatic rings. The van der Waals surface area contributed by atoms with Crippen LogP contribution in [0.3, 0.4) is 0 Å². The summed E-state index contributed by atoms with van der Waals surface area (Å²) >= 11 is 3.35. The van der Waals surface area contributed by atoms with Crippen molar-refractivity contribution in [2.45, 2.75) is 0 Å². The van der Waals surface area contributed by atoms with Crippen LogP contribution in [0.1, 0.15) is 15.9 Å². The average Bonchev–Trinajstić information content (AvgIpc) is 2.86. The Labute approximate surface area is 112 Å². The molecule has 0 fully saturated rings. The van der Waals surface area contributed by atoms with Gasteiger partial charge >= 0.3 is 0 Å². The molecule has 88 valence electrons. The summed E-state index contributed by atoms with van der Waals surface area (Å²) in [6, 6.07) is 14.7. The van der Waals surface area contributed by atoms with Crippen molar-refractivity contribution in [1.82, 2.24) is 0 Å². The topological polar surface area (TPSA) is 30.2 Å². The molecule has 2 nitrogen and oxygen atoms in total. The van der Waals surface area contributed by atoms with E-state index in [1.165, 1.54) is 0 Å². The van der Waals surface area contributed by atoms with Crippen molar-refractivity contribution in [2.75, 3.05) is 0 Å². The Kier molecular flexibility index (Phi) is 2.76. The van der Waals surface area contributed by atoms with Gasteiger partial charge in [-0.3, -0.25) is 4.79 Å². The molecule has 0 atom stereocenters. The molecule has 0 radical (unpaired) electrons. The molecule has 0 saturated heterocycles. The van der Waals surface area contributed by atoms with Crippen LogP contribution in [0.2, 0.25) is 0 Å². The van der Waals surface area contributed by atoms with Gasteiger partial charge in [0, 0.05) is 21.0 Å². The number of carbonyl (C=O) groups is 1. The molecule has 1 aromatic heterocycles. The number of benzene rings is 2. The molecule has 18 heavy (non-hydrogen) atoms. The van der Waals surface area contributed by atoms with Gasteiger partial charge in [-0.1, -0.05) is 15.9 Å². The fraction of sp³-hybridized carbons (Fsp3) is 0. The predicted molar refractivity (Wildman–Crippen MR) is 73.8 cm³/mol. The van der Waals surface area contributed by atoms with Crippen LogP contribution in [0, 0.1) is 0 Å². The molecule has 1 heterocycles. The van der Waals surface area contributed by atoms with Gasteiger partial charge in [-0.2, -0.15) is 0 Å². The Morgan fingerprint density at radius 2 is 1.67 bits per heavy atom. The van der Waals surface area contributed by atoms with Crippen molar-refractivity contribution in [3.63, 3.8) is 0 Å². The summed E-state index contributed by atoms with van der Waals surface area (Å²) < 4.78 is 6.22. The highest BCUT2D eigenvalue weighted by molar-refractivity contribution is 9.10. The zero-order valence-electron chi connectivity index (χ0n) is 9.39. The maximum absolute atomic E-state index is 12.3. The number of fused-ring (bicyclic) bond motifs is 1. The van der Waals surface area contributed by atoms with E-state index in [0.717, 1.165) is 15.4 Å². The van der Waals surface area contributed by atoms with Gasteiger partial charge in [0.05, 0.1) is 6.26 Å². The van der Waals surface area contributed by atoms with Crippen molar-refractivity contribution < 1.29 is 9.21 Å². The number of hydrogen-bond acceptors (Lipinski definition) is 2. The standard InChI is InChI=1S/C15H9BrO2/c16-13-4-1-10(2-5-13)15(17)12-3-6-14-11(9-12)7-8-18-14/h1-9H. The number of furan rings is 1. The summed E-state index contributed by atoms with van der Waals surface area (Å²) in [5, 5.41) is 0.943.